The molecule has 0 spiro atoms. The van der Waals surface area contributed by atoms with Crippen molar-refractivity contribution in [1.82, 2.24) is 0 Å². The maximum Gasteiger partial charge on any atom is 0.226 e. The molecule has 0 fully saturated rings. The molecule has 0 aromatic heterocycles. The molecule has 0 saturated carbocycles. The molecule has 1 aromatic rings. The second kappa shape index (κ2) is 6.83. The van der Waals surface area contributed by atoms with E-state index in [0.717, 1.165) is 16.8 Å². The zero-order valence-corrected chi connectivity index (χ0v) is 11.1. The van der Waals surface area contributed by atoms with Gasteiger partial charge >= 0.3 is 0 Å². The van der Waals surface area contributed by atoms with Gasteiger partial charge in [0.1, 0.15) is 0 Å². The lowest BCUT2D eigenvalue weighted by atomic mass is 10.1. The number of aryl methyl sites for hydroxylation is 1. The van der Waals surface area contributed by atoms with Crippen LogP contribution in [0.15, 0.2) is 18.2 Å². The highest BCUT2D eigenvalue weighted by Gasteiger charge is 2.07. The van der Waals surface area contributed by atoms with E-state index in [1.54, 1.807) is 0 Å². The zero-order chi connectivity index (χ0) is 13.5. The van der Waals surface area contributed by atoms with Gasteiger partial charge in [-0.2, -0.15) is 0 Å². The highest BCUT2D eigenvalue weighted by atomic mass is 16.2. The van der Waals surface area contributed by atoms with E-state index in [9.17, 15) is 4.79 Å². The first kappa shape index (κ1) is 14.3. The number of nitrogens with one attached hydrogen (secondary N) is 1. The Balaban J connectivity index is 2.88. The average Bonchev–Trinajstić information content (AvgIpc) is 2.33. The third kappa shape index (κ3) is 4.23. The topological polar surface area (TPSA) is 49.3 Å². The van der Waals surface area contributed by atoms with Gasteiger partial charge in [-0.15, -0.1) is 0 Å². The van der Waals surface area contributed by atoms with Crippen molar-refractivity contribution in [1.29, 1.82) is 0 Å². The predicted octanol–water partition coefficient (Wildman–Crippen LogP) is 2.32. The van der Waals surface area contributed by atoms with Crippen LogP contribution in [0.3, 0.4) is 0 Å². The molecule has 3 nitrogen and oxygen atoms in total. The summed E-state index contributed by atoms with van der Waals surface area (Å²) in [5, 5.41) is 11.5. The second-order valence-electron chi connectivity index (χ2n) is 4.45. The van der Waals surface area contributed by atoms with E-state index in [4.69, 9.17) is 5.11 Å². The third-order valence-electron chi connectivity index (χ3n) is 2.49. The fourth-order valence-corrected chi connectivity index (χ4v) is 1.33. The summed E-state index contributed by atoms with van der Waals surface area (Å²) in [5.74, 6) is 5.83. The molecule has 0 saturated heterocycles. The van der Waals surface area contributed by atoms with Crippen LogP contribution in [0.4, 0.5) is 5.69 Å². The molecule has 0 aliphatic rings. The van der Waals surface area contributed by atoms with Gasteiger partial charge in [-0.1, -0.05) is 31.8 Å². The molecule has 0 aliphatic carbocycles. The van der Waals surface area contributed by atoms with Gasteiger partial charge < -0.3 is 10.4 Å². The van der Waals surface area contributed by atoms with Gasteiger partial charge in [0.2, 0.25) is 5.91 Å². The highest BCUT2D eigenvalue weighted by Crippen LogP contribution is 2.15. The molecule has 3 heteroatoms. The quantitative estimate of drug-likeness (QED) is 0.803. The van der Waals surface area contributed by atoms with Crippen molar-refractivity contribution >= 4 is 11.6 Å². The number of rotatable bonds is 3. The third-order valence-corrected chi connectivity index (χ3v) is 2.49. The molecule has 1 aromatic carbocycles. The molecule has 1 rings (SSSR count). The summed E-state index contributed by atoms with van der Waals surface area (Å²) >= 11 is 0. The Morgan fingerprint density at radius 1 is 1.44 bits per heavy atom. The van der Waals surface area contributed by atoms with E-state index in [0.29, 0.717) is 6.42 Å². The lowest BCUT2D eigenvalue weighted by molar-refractivity contribution is -0.118. The summed E-state index contributed by atoms with van der Waals surface area (Å²) in [6.45, 7) is 5.74. The largest absolute Gasteiger partial charge is 0.395 e. The van der Waals surface area contributed by atoms with Crippen LogP contribution in [0.5, 0.6) is 0 Å². The minimum atomic E-state index is -0.0461. The van der Waals surface area contributed by atoms with Crippen LogP contribution in [-0.4, -0.2) is 17.6 Å². The molecule has 0 radical (unpaired) electrons. The molecule has 0 aliphatic heterocycles. The Hall–Kier alpha value is -1.79. The normalized spacial score (nSPS) is 9.83. The minimum Gasteiger partial charge on any atom is -0.395 e. The van der Waals surface area contributed by atoms with Crippen LogP contribution in [-0.2, 0) is 4.79 Å². The molecule has 0 heterocycles. The van der Waals surface area contributed by atoms with Gasteiger partial charge in [-0.25, -0.2) is 0 Å². The SMILES string of the molecule is Cc1ccc(NC(=O)C(C)C)cc1C#CCCO. The Labute approximate surface area is 108 Å². The molecule has 0 atom stereocenters. The number of benzene rings is 1. The van der Waals surface area contributed by atoms with Crippen LogP contribution in [0.1, 0.15) is 31.4 Å². The van der Waals surface area contributed by atoms with Crippen molar-refractivity contribution in [3.8, 4) is 11.8 Å². The Bertz CT molecular complexity index is 481. The Morgan fingerprint density at radius 3 is 2.78 bits per heavy atom. The Kier molecular flexibility index (Phi) is 5.41. The summed E-state index contributed by atoms with van der Waals surface area (Å²) in [4.78, 5) is 11.6. The second-order valence-corrected chi connectivity index (χ2v) is 4.45. The standard InChI is InChI=1S/C15H19NO2/c1-11(2)15(18)16-14-8-7-12(3)13(10-14)6-4-5-9-17/h7-8,10-11,17H,5,9H2,1-3H3,(H,16,18). The summed E-state index contributed by atoms with van der Waals surface area (Å²) in [7, 11) is 0. The van der Waals surface area contributed by atoms with Gasteiger partial charge in [0.15, 0.2) is 0 Å². The summed E-state index contributed by atoms with van der Waals surface area (Å²) in [6, 6.07) is 5.66. The first-order valence-electron chi connectivity index (χ1n) is 6.06. The van der Waals surface area contributed by atoms with Crippen LogP contribution in [0.25, 0.3) is 0 Å². The summed E-state index contributed by atoms with van der Waals surface area (Å²) in [5.41, 5.74) is 2.69. The molecule has 2 N–H and O–H groups in total. The van der Waals surface area contributed by atoms with Crippen molar-refractivity contribution < 1.29 is 9.90 Å². The molecular formula is C15H19NO2. The first-order valence-corrected chi connectivity index (χ1v) is 6.06. The number of aliphatic hydroxyl groups excluding tert-OH is 1. The molecular weight excluding hydrogens is 226 g/mol. The van der Waals surface area contributed by atoms with E-state index in [-0.39, 0.29) is 18.4 Å². The van der Waals surface area contributed by atoms with Crippen LogP contribution in [0, 0.1) is 24.7 Å². The molecule has 1 amide bonds. The minimum absolute atomic E-state index is 0.00637. The number of hydrogen-bond donors (Lipinski definition) is 2. The van der Waals surface area contributed by atoms with Crippen molar-refractivity contribution in [3.05, 3.63) is 29.3 Å². The lowest BCUT2D eigenvalue weighted by Crippen LogP contribution is -2.17. The fraction of sp³-hybridized carbons (Fsp3) is 0.400. The van der Waals surface area contributed by atoms with Gasteiger partial charge in [-0.3, -0.25) is 4.79 Å². The molecule has 0 bridgehead atoms. The summed E-state index contributed by atoms with van der Waals surface area (Å²) < 4.78 is 0. The first-order chi connectivity index (χ1) is 8.54. The average molecular weight is 245 g/mol. The molecule has 96 valence electrons. The van der Waals surface area contributed by atoms with E-state index in [1.165, 1.54) is 0 Å². The van der Waals surface area contributed by atoms with Gasteiger partial charge in [0, 0.05) is 23.6 Å². The molecule has 0 unspecified atom stereocenters. The van der Waals surface area contributed by atoms with Crippen LogP contribution in [0.2, 0.25) is 0 Å². The number of carbonyl (C=O) groups is 1. The van der Waals surface area contributed by atoms with Crippen LogP contribution < -0.4 is 5.32 Å². The Morgan fingerprint density at radius 2 is 2.17 bits per heavy atom. The van der Waals surface area contributed by atoms with E-state index >= 15 is 0 Å². The van der Waals surface area contributed by atoms with Crippen molar-refractivity contribution in [2.45, 2.75) is 27.2 Å². The number of anilines is 1. The van der Waals surface area contributed by atoms with E-state index in [1.807, 2.05) is 39.0 Å². The van der Waals surface area contributed by atoms with Gasteiger partial charge in [0.25, 0.3) is 0 Å². The maximum atomic E-state index is 11.6. The van der Waals surface area contributed by atoms with Crippen molar-refractivity contribution in [2.24, 2.45) is 5.92 Å². The van der Waals surface area contributed by atoms with Crippen molar-refractivity contribution in [3.63, 3.8) is 0 Å². The smallest absolute Gasteiger partial charge is 0.226 e. The fourth-order valence-electron chi connectivity index (χ4n) is 1.33. The predicted molar refractivity (Wildman–Crippen MR) is 73.2 cm³/mol. The monoisotopic (exact) mass is 245 g/mol. The highest BCUT2D eigenvalue weighted by molar-refractivity contribution is 5.92. The number of amides is 1. The number of carbonyl (C=O) groups excluding carboxylic acids is 1. The van der Waals surface area contributed by atoms with Crippen LogP contribution >= 0.6 is 0 Å². The van der Waals surface area contributed by atoms with Crippen molar-refractivity contribution in [2.75, 3.05) is 11.9 Å². The van der Waals surface area contributed by atoms with E-state index in [2.05, 4.69) is 17.2 Å². The van der Waals surface area contributed by atoms with E-state index < -0.39 is 0 Å². The summed E-state index contributed by atoms with van der Waals surface area (Å²) in [6.07, 6.45) is 0.460. The lowest BCUT2D eigenvalue weighted by Gasteiger charge is -2.09. The maximum absolute atomic E-state index is 11.6. The van der Waals surface area contributed by atoms with Gasteiger partial charge in [-0.05, 0) is 24.6 Å². The van der Waals surface area contributed by atoms with Gasteiger partial charge in [0.05, 0.1) is 6.61 Å². The zero-order valence-electron chi connectivity index (χ0n) is 11.1. The molecule has 18 heavy (non-hydrogen) atoms. The number of hydrogen-bond acceptors (Lipinski definition) is 2. The number of aliphatic hydroxyl groups is 1.